The third-order valence-electron chi connectivity index (χ3n) is 7.98. The number of carboxylic acids is 1. The van der Waals surface area contributed by atoms with Gasteiger partial charge in [0, 0.05) is 24.3 Å². The number of urea groups is 1. The van der Waals surface area contributed by atoms with Gasteiger partial charge in [-0.2, -0.15) is 15.0 Å². The van der Waals surface area contributed by atoms with E-state index in [1.807, 2.05) is 0 Å². The Morgan fingerprint density at radius 1 is 1.08 bits per heavy atom. The van der Waals surface area contributed by atoms with Crippen molar-refractivity contribution in [3.63, 3.8) is 0 Å². The lowest BCUT2D eigenvalue weighted by Crippen LogP contribution is -2.42. The number of terminal acetylenes is 1. The lowest BCUT2D eigenvalue weighted by atomic mass is 9.93. The number of aromatic carboxylic acids is 1. The minimum atomic E-state index is -4.44. The zero-order valence-corrected chi connectivity index (χ0v) is 28.7. The zero-order chi connectivity index (χ0) is 37.9. The molecule has 19 heteroatoms. The third-order valence-corrected chi connectivity index (χ3v) is 9.36. The number of nitrogens with one attached hydrogen (secondary N) is 1. The molecule has 3 heterocycles. The molecule has 6 rings (SSSR count). The van der Waals surface area contributed by atoms with Gasteiger partial charge in [0.1, 0.15) is 16.5 Å². The van der Waals surface area contributed by atoms with E-state index in [9.17, 15) is 36.8 Å². The smallest absolute Gasteiger partial charge is 0.337 e. The first kappa shape index (κ1) is 36.9. The molecule has 2 aliphatic heterocycles. The van der Waals surface area contributed by atoms with E-state index in [1.165, 1.54) is 37.3 Å². The number of methoxy groups -OCH3 is 1. The molecule has 0 spiro atoms. The van der Waals surface area contributed by atoms with Crippen LogP contribution in [0.5, 0.6) is 11.8 Å². The number of nitrogens with zero attached hydrogens (tertiary/aromatic N) is 6. The number of ether oxygens (including phenoxy) is 2. The number of hydrogen-bond acceptors (Lipinski definition) is 12. The van der Waals surface area contributed by atoms with Gasteiger partial charge in [-0.15, -0.1) is 6.42 Å². The van der Waals surface area contributed by atoms with Crippen molar-refractivity contribution in [2.24, 2.45) is 0 Å². The Morgan fingerprint density at radius 2 is 1.73 bits per heavy atom. The molecule has 1 aliphatic carbocycles. The predicted molar refractivity (Wildman–Crippen MR) is 180 cm³/mol. The zero-order valence-electron chi connectivity index (χ0n) is 27.9. The van der Waals surface area contributed by atoms with Crippen molar-refractivity contribution in [3.8, 4) is 24.1 Å². The van der Waals surface area contributed by atoms with E-state index in [2.05, 4.69) is 20.9 Å². The molecule has 2 aromatic carbocycles. The fourth-order valence-corrected chi connectivity index (χ4v) is 6.68. The van der Waals surface area contributed by atoms with Crippen LogP contribution in [-0.2, 0) is 24.4 Å². The Bertz CT molecular complexity index is 2170. The maximum Gasteiger partial charge on any atom is 0.337 e. The molecule has 3 aliphatic rings. The van der Waals surface area contributed by atoms with E-state index in [4.69, 9.17) is 21.0 Å². The Labute approximate surface area is 296 Å². The fraction of sp³-hybridized carbons (Fsp3) is 0.273. The van der Waals surface area contributed by atoms with Gasteiger partial charge in [-0.1, -0.05) is 18.1 Å². The van der Waals surface area contributed by atoms with Gasteiger partial charge in [-0.05, 0) is 50.8 Å². The fourth-order valence-electron chi connectivity index (χ4n) is 5.50. The second-order valence-corrected chi connectivity index (χ2v) is 12.9. The van der Waals surface area contributed by atoms with Crippen LogP contribution in [0.1, 0.15) is 41.9 Å². The molecule has 0 radical (unpaired) electrons. The molecule has 3 aromatic rings. The van der Waals surface area contributed by atoms with E-state index < -0.39 is 50.1 Å². The molecule has 0 bridgehead atoms. The van der Waals surface area contributed by atoms with Gasteiger partial charge in [0.2, 0.25) is 5.95 Å². The number of aryl methyl sites for hydroxylation is 1. The number of aromatic nitrogens is 3. The summed E-state index contributed by atoms with van der Waals surface area (Å²) < 4.78 is 51.4. The standard InChI is InChI=1S/C19H15FN2O4.C14H15N5O6S/c1-2-7-21-15-9-14(13(20)8-16(15)26-10-17(21)23)22-18(24)11-5-3-4-6-12(11)19(22)25;1-8-15-12(17-13(16-8)25-3)19(2)14(22)18-26(23,24)10-7-5-4-6-9(10)11(20)21/h1,8-9H,3-7,10H2;4-7H,1-3H3,(H,18,22)(H,20,21). The minimum absolute atomic E-state index is 0.0170. The van der Waals surface area contributed by atoms with E-state index in [0.29, 0.717) is 24.0 Å². The van der Waals surface area contributed by atoms with Gasteiger partial charge >= 0.3 is 18.0 Å². The van der Waals surface area contributed by atoms with Crippen molar-refractivity contribution in [2.75, 3.05) is 42.0 Å². The van der Waals surface area contributed by atoms with Crippen LogP contribution in [-0.4, -0.2) is 85.5 Å². The summed E-state index contributed by atoms with van der Waals surface area (Å²) in [4.78, 5) is 74.9. The molecule has 0 fully saturated rings. The highest BCUT2D eigenvalue weighted by Crippen LogP contribution is 2.41. The van der Waals surface area contributed by atoms with Crippen LogP contribution in [0.2, 0.25) is 0 Å². The number of amides is 5. The number of carbonyl (C=O) groups is 5. The number of carboxylic acid groups (broad SMARTS) is 1. The Kier molecular flexibility index (Phi) is 10.5. The number of imide groups is 1. The Balaban J connectivity index is 0.000000201. The summed E-state index contributed by atoms with van der Waals surface area (Å²) in [7, 11) is -1.87. The molecule has 2 N–H and O–H groups in total. The van der Waals surface area contributed by atoms with Crippen molar-refractivity contribution in [3.05, 3.63) is 64.7 Å². The van der Waals surface area contributed by atoms with Crippen molar-refractivity contribution >= 4 is 57.1 Å². The maximum absolute atomic E-state index is 14.7. The molecule has 5 amide bonds. The topological polar surface area (TPSA) is 219 Å². The van der Waals surface area contributed by atoms with Crippen molar-refractivity contribution in [2.45, 2.75) is 37.5 Å². The molecule has 52 heavy (non-hydrogen) atoms. The first-order chi connectivity index (χ1) is 24.7. The van der Waals surface area contributed by atoms with Gasteiger partial charge in [0.05, 0.1) is 30.6 Å². The molecule has 0 atom stereocenters. The summed E-state index contributed by atoms with van der Waals surface area (Å²) in [6.45, 7) is 1.28. The van der Waals surface area contributed by atoms with Crippen LogP contribution in [0, 0.1) is 25.1 Å². The maximum atomic E-state index is 14.7. The normalized spacial score (nSPS) is 15.1. The summed E-state index contributed by atoms with van der Waals surface area (Å²) in [5.74, 6) is -0.924. The quantitative estimate of drug-likeness (QED) is 0.263. The number of hydrogen-bond donors (Lipinski definition) is 2. The predicted octanol–water partition coefficient (Wildman–Crippen LogP) is 2.35. The largest absolute Gasteiger partial charge is 0.481 e. The van der Waals surface area contributed by atoms with Gasteiger partial charge in [0.25, 0.3) is 27.7 Å². The lowest BCUT2D eigenvalue weighted by Gasteiger charge is -2.29. The number of rotatable bonds is 7. The Hall–Kier alpha value is -6.42. The monoisotopic (exact) mass is 735 g/mol. The molecular formula is C33H30FN7O10S. The minimum Gasteiger partial charge on any atom is -0.481 e. The van der Waals surface area contributed by atoms with Crippen LogP contribution in [0.25, 0.3) is 0 Å². The van der Waals surface area contributed by atoms with E-state index in [-0.39, 0.29) is 54.0 Å². The summed E-state index contributed by atoms with van der Waals surface area (Å²) in [5, 5.41) is 9.11. The number of sulfonamides is 1. The number of benzene rings is 2. The average molecular weight is 736 g/mol. The van der Waals surface area contributed by atoms with E-state index in [1.54, 1.807) is 11.6 Å². The molecule has 0 unspecified atom stereocenters. The number of halogens is 1. The highest BCUT2D eigenvalue weighted by molar-refractivity contribution is 7.90. The lowest BCUT2D eigenvalue weighted by molar-refractivity contribution is -0.121. The molecule has 17 nitrogen and oxygen atoms in total. The Morgan fingerprint density at radius 3 is 2.35 bits per heavy atom. The number of carbonyl (C=O) groups excluding carboxylic acids is 4. The first-order valence-corrected chi connectivity index (χ1v) is 16.9. The second kappa shape index (κ2) is 14.8. The molecule has 0 saturated carbocycles. The summed E-state index contributed by atoms with van der Waals surface area (Å²) >= 11 is 0. The van der Waals surface area contributed by atoms with Crippen LogP contribution in [0.15, 0.2) is 52.4 Å². The average Bonchev–Trinajstić information content (AvgIpc) is 3.37. The van der Waals surface area contributed by atoms with Crippen molar-refractivity contribution in [1.82, 2.24) is 19.7 Å². The summed E-state index contributed by atoms with van der Waals surface area (Å²) in [5.41, 5.74) is 0.528. The molecular weight excluding hydrogens is 705 g/mol. The number of anilines is 3. The van der Waals surface area contributed by atoms with Gasteiger partial charge in [0.15, 0.2) is 12.4 Å². The van der Waals surface area contributed by atoms with Crippen molar-refractivity contribution < 1.29 is 51.4 Å². The first-order valence-electron chi connectivity index (χ1n) is 15.4. The second-order valence-electron chi connectivity index (χ2n) is 11.3. The molecule has 0 saturated heterocycles. The summed E-state index contributed by atoms with van der Waals surface area (Å²) in [6, 6.07) is 6.14. The molecule has 1 aromatic heterocycles. The van der Waals surface area contributed by atoms with Crippen molar-refractivity contribution in [1.29, 1.82) is 0 Å². The van der Waals surface area contributed by atoms with E-state index >= 15 is 0 Å². The third kappa shape index (κ3) is 7.22. The number of fused-ring (bicyclic) bond motifs is 1. The van der Waals surface area contributed by atoms with Crippen LogP contribution >= 0.6 is 0 Å². The van der Waals surface area contributed by atoms with Gasteiger partial charge < -0.3 is 14.6 Å². The van der Waals surface area contributed by atoms with Crippen LogP contribution in [0.3, 0.4) is 0 Å². The van der Waals surface area contributed by atoms with Crippen LogP contribution < -0.4 is 28.9 Å². The van der Waals surface area contributed by atoms with E-state index in [0.717, 1.165) is 40.8 Å². The van der Waals surface area contributed by atoms with Crippen LogP contribution in [0.4, 0.5) is 26.5 Å². The van der Waals surface area contributed by atoms with Gasteiger partial charge in [-0.3, -0.25) is 24.2 Å². The highest BCUT2D eigenvalue weighted by Gasteiger charge is 2.42. The summed E-state index contributed by atoms with van der Waals surface area (Å²) in [6.07, 6.45) is 8.01. The SMILES string of the molecule is C#CCN1C(=O)COc2cc(F)c(N3C(=O)C4=C(CCCC4)C3=O)cc21.COc1nc(C)nc(N(C)C(=O)NS(=O)(=O)c2ccccc2C(=O)O)n1. The van der Waals surface area contributed by atoms with Gasteiger partial charge in [-0.25, -0.2) is 32.0 Å². The highest BCUT2D eigenvalue weighted by atomic mass is 32.2. The molecule has 270 valence electrons.